The van der Waals surface area contributed by atoms with Crippen LogP contribution in [-0.2, 0) is 29.4 Å². The van der Waals surface area contributed by atoms with Gasteiger partial charge >= 0.3 is 0 Å². The number of aliphatic hydroxyl groups is 1. The zero-order valence-corrected chi connectivity index (χ0v) is 22.0. The lowest BCUT2D eigenvalue weighted by molar-refractivity contribution is 0.0807. The molecular weight excluding hydrogens is 464 g/mol. The van der Waals surface area contributed by atoms with Crippen LogP contribution >= 0.6 is 23.5 Å². The monoisotopic (exact) mass is 498 g/mol. The normalized spacial score (nSPS) is 11.4. The number of thioether (sulfide) groups is 2. The number of hydrogen-bond donors (Lipinski definition) is 2. The average Bonchev–Trinajstić information content (AvgIpc) is 2.82. The molecule has 0 amide bonds. The number of hydrogen-bond acceptors (Lipinski definition) is 6. The highest BCUT2D eigenvalue weighted by Crippen LogP contribution is 2.35. The van der Waals surface area contributed by atoms with Gasteiger partial charge in [0.25, 0.3) is 0 Å². The van der Waals surface area contributed by atoms with E-state index in [0.717, 1.165) is 45.4 Å². The predicted molar refractivity (Wildman–Crippen MR) is 144 cm³/mol. The van der Waals surface area contributed by atoms with E-state index in [-0.39, 0.29) is 0 Å². The van der Waals surface area contributed by atoms with E-state index in [9.17, 15) is 10.2 Å². The Labute approximate surface area is 211 Å². The molecular formula is C28H34O4S2. The van der Waals surface area contributed by atoms with Gasteiger partial charge in [0.15, 0.2) is 0 Å². The summed E-state index contributed by atoms with van der Waals surface area (Å²) in [4.78, 5) is 0. The van der Waals surface area contributed by atoms with Gasteiger partial charge in [0, 0.05) is 40.6 Å². The van der Waals surface area contributed by atoms with Crippen molar-refractivity contribution < 1.29 is 19.7 Å². The van der Waals surface area contributed by atoms with Crippen LogP contribution < -0.4 is 9.47 Å². The number of methoxy groups -OCH3 is 2. The molecule has 0 spiro atoms. The smallest absolute Gasteiger partial charge is 0.123 e. The number of rotatable bonds is 12. The van der Waals surface area contributed by atoms with Gasteiger partial charge in [0.1, 0.15) is 17.2 Å². The van der Waals surface area contributed by atoms with Gasteiger partial charge < -0.3 is 19.7 Å². The minimum Gasteiger partial charge on any atom is -0.507 e. The Bertz CT molecular complexity index is 1040. The van der Waals surface area contributed by atoms with Crippen LogP contribution in [0.1, 0.15) is 41.7 Å². The molecule has 6 heteroatoms. The first-order valence-electron chi connectivity index (χ1n) is 11.3. The van der Waals surface area contributed by atoms with Gasteiger partial charge in [-0.05, 0) is 54.8 Å². The van der Waals surface area contributed by atoms with Crippen molar-refractivity contribution in [3.8, 4) is 17.2 Å². The van der Waals surface area contributed by atoms with Crippen LogP contribution in [0.25, 0.3) is 0 Å². The number of phenols is 1. The second-order valence-electron chi connectivity index (χ2n) is 8.88. The molecule has 0 aliphatic carbocycles. The molecule has 34 heavy (non-hydrogen) atoms. The van der Waals surface area contributed by atoms with Crippen LogP contribution in [0.5, 0.6) is 17.2 Å². The first kappa shape index (κ1) is 26.3. The van der Waals surface area contributed by atoms with E-state index in [1.165, 1.54) is 11.1 Å². The van der Waals surface area contributed by atoms with E-state index < -0.39 is 5.60 Å². The predicted octanol–water partition coefficient (Wildman–Crippen LogP) is 6.59. The summed E-state index contributed by atoms with van der Waals surface area (Å²) in [6.45, 7) is 3.61. The molecule has 0 heterocycles. The third-order valence-electron chi connectivity index (χ3n) is 5.45. The number of phenolic OH excluding ortho intramolecular Hbond substituents is 1. The summed E-state index contributed by atoms with van der Waals surface area (Å²) in [7, 11) is 3.33. The highest BCUT2D eigenvalue weighted by Gasteiger charge is 2.19. The van der Waals surface area contributed by atoms with Gasteiger partial charge in [-0.1, -0.05) is 36.4 Å². The van der Waals surface area contributed by atoms with Gasteiger partial charge in [-0.25, -0.2) is 0 Å². The zero-order chi connectivity index (χ0) is 24.6. The standard InChI is InChI=1S/C28H34O4S2/c1-28(2,30)15-22-9-10-23(18-33-16-20-5-11-24(31-3)12-6-20)27(29)26(22)19-34-17-21-7-13-25(32-4)14-8-21/h5-14,29-30H,15-19H2,1-4H3. The molecule has 4 nitrogen and oxygen atoms in total. The molecule has 0 aliphatic rings. The van der Waals surface area contributed by atoms with Crippen molar-refractivity contribution in [2.45, 2.75) is 48.9 Å². The molecule has 0 aromatic heterocycles. The van der Waals surface area contributed by atoms with Gasteiger partial charge in [0.05, 0.1) is 19.8 Å². The number of aromatic hydroxyl groups is 1. The van der Waals surface area contributed by atoms with Crippen molar-refractivity contribution >= 4 is 23.5 Å². The van der Waals surface area contributed by atoms with Gasteiger partial charge in [0.2, 0.25) is 0 Å². The SMILES string of the molecule is COc1ccc(CSCc2ccc(CC(C)(C)O)c(CSCc3ccc(OC)cc3)c2O)cc1. The fourth-order valence-corrected chi connectivity index (χ4v) is 5.67. The first-order valence-corrected chi connectivity index (χ1v) is 13.6. The van der Waals surface area contributed by atoms with Crippen LogP contribution in [0.3, 0.4) is 0 Å². The Morgan fingerprint density at radius 2 is 1.15 bits per heavy atom. The van der Waals surface area contributed by atoms with Gasteiger partial charge in [-0.3, -0.25) is 0 Å². The van der Waals surface area contributed by atoms with Crippen molar-refractivity contribution in [2.24, 2.45) is 0 Å². The van der Waals surface area contributed by atoms with Crippen molar-refractivity contribution in [2.75, 3.05) is 14.2 Å². The van der Waals surface area contributed by atoms with E-state index >= 15 is 0 Å². The summed E-state index contributed by atoms with van der Waals surface area (Å²) >= 11 is 3.53. The van der Waals surface area contributed by atoms with Crippen LogP contribution in [0.2, 0.25) is 0 Å². The van der Waals surface area contributed by atoms with Crippen molar-refractivity contribution in [3.63, 3.8) is 0 Å². The molecule has 0 unspecified atom stereocenters. The molecule has 0 saturated heterocycles. The average molecular weight is 499 g/mol. The summed E-state index contributed by atoms with van der Waals surface area (Å²) in [5.41, 5.74) is 4.43. The Kier molecular flexibility index (Phi) is 9.63. The molecule has 0 saturated carbocycles. The molecule has 3 aromatic carbocycles. The number of ether oxygens (including phenoxy) is 2. The highest BCUT2D eigenvalue weighted by molar-refractivity contribution is 7.98. The Balaban J connectivity index is 1.68. The second kappa shape index (κ2) is 12.4. The number of benzene rings is 3. The molecule has 0 bridgehead atoms. The van der Waals surface area contributed by atoms with Crippen molar-refractivity contribution in [1.82, 2.24) is 0 Å². The topological polar surface area (TPSA) is 58.9 Å². The minimum atomic E-state index is -0.841. The van der Waals surface area contributed by atoms with Crippen LogP contribution in [-0.4, -0.2) is 30.0 Å². The minimum absolute atomic E-state index is 0.353. The van der Waals surface area contributed by atoms with Crippen LogP contribution in [0.4, 0.5) is 0 Å². The largest absolute Gasteiger partial charge is 0.507 e. The summed E-state index contributed by atoms with van der Waals surface area (Å²) in [5.74, 6) is 5.14. The Morgan fingerprint density at radius 3 is 1.62 bits per heavy atom. The lowest BCUT2D eigenvalue weighted by Crippen LogP contribution is -2.22. The fourth-order valence-electron chi connectivity index (χ4n) is 3.63. The molecule has 2 N–H and O–H groups in total. The third kappa shape index (κ3) is 7.90. The lowest BCUT2D eigenvalue weighted by atomic mass is 9.93. The Hall–Kier alpha value is -2.28. The molecule has 0 radical (unpaired) electrons. The van der Waals surface area contributed by atoms with Crippen molar-refractivity contribution in [1.29, 1.82) is 0 Å². The Morgan fingerprint density at radius 1 is 0.676 bits per heavy atom. The third-order valence-corrected chi connectivity index (χ3v) is 7.53. The fraction of sp³-hybridized carbons (Fsp3) is 0.357. The molecule has 182 valence electrons. The second-order valence-corrected chi connectivity index (χ2v) is 10.9. The van der Waals surface area contributed by atoms with Gasteiger partial charge in [-0.2, -0.15) is 23.5 Å². The van der Waals surface area contributed by atoms with E-state index in [1.807, 2.05) is 30.3 Å². The van der Waals surface area contributed by atoms with E-state index in [4.69, 9.17) is 9.47 Å². The molecule has 3 rings (SSSR count). The molecule has 0 atom stereocenters. The van der Waals surface area contributed by atoms with Crippen molar-refractivity contribution in [3.05, 3.63) is 88.5 Å². The molecule has 0 fully saturated rings. The van der Waals surface area contributed by atoms with E-state index in [1.54, 1.807) is 51.6 Å². The van der Waals surface area contributed by atoms with Gasteiger partial charge in [-0.15, -0.1) is 0 Å². The summed E-state index contributed by atoms with van der Waals surface area (Å²) in [6.07, 6.45) is 0.498. The highest BCUT2D eigenvalue weighted by atomic mass is 32.2. The quantitative estimate of drug-likeness (QED) is 0.294. The van der Waals surface area contributed by atoms with E-state index in [2.05, 4.69) is 30.3 Å². The first-order chi connectivity index (χ1) is 16.3. The molecule has 3 aromatic rings. The summed E-state index contributed by atoms with van der Waals surface area (Å²) in [6, 6.07) is 20.2. The summed E-state index contributed by atoms with van der Waals surface area (Å²) < 4.78 is 10.5. The zero-order valence-electron chi connectivity index (χ0n) is 20.3. The van der Waals surface area contributed by atoms with E-state index in [0.29, 0.717) is 17.9 Å². The van der Waals surface area contributed by atoms with Crippen LogP contribution in [0, 0.1) is 0 Å². The van der Waals surface area contributed by atoms with Crippen LogP contribution in [0.15, 0.2) is 60.7 Å². The summed E-state index contributed by atoms with van der Waals surface area (Å²) in [5, 5.41) is 21.6. The molecule has 0 aliphatic heterocycles. The lowest BCUT2D eigenvalue weighted by Gasteiger charge is -2.21. The maximum absolute atomic E-state index is 11.2. The maximum atomic E-state index is 11.2. The maximum Gasteiger partial charge on any atom is 0.123 e.